The monoisotopic (exact) mass is 352 g/mol. The maximum Gasteiger partial charge on any atom is 0.237 e. The van der Waals surface area contributed by atoms with Crippen molar-refractivity contribution in [3.8, 4) is 0 Å². The van der Waals surface area contributed by atoms with Gasteiger partial charge >= 0.3 is 0 Å². The van der Waals surface area contributed by atoms with E-state index in [1.165, 1.54) is 12.0 Å². The van der Waals surface area contributed by atoms with Crippen molar-refractivity contribution in [2.75, 3.05) is 6.54 Å². The van der Waals surface area contributed by atoms with Gasteiger partial charge in [0, 0.05) is 16.4 Å². The number of nitrogens with two attached hydrogens (primary N) is 1. The van der Waals surface area contributed by atoms with Gasteiger partial charge in [-0.25, -0.2) is 0 Å². The summed E-state index contributed by atoms with van der Waals surface area (Å²) in [6.45, 7) is 6.65. The highest BCUT2D eigenvalue weighted by atomic mass is 79.9. The minimum absolute atomic E-state index is 0.0501. The quantitative estimate of drug-likeness (QED) is 0.872. The van der Waals surface area contributed by atoms with E-state index in [1.807, 2.05) is 20.8 Å². The Kier molecular flexibility index (Phi) is 4.79. The van der Waals surface area contributed by atoms with E-state index in [0.717, 1.165) is 17.3 Å². The summed E-state index contributed by atoms with van der Waals surface area (Å²) in [6.07, 6.45) is 3.47. The fraction of sp³-hybridized carbons (Fsp3) is 0.588. The number of hydrogen-bond donors (Lipinski definition) is 2. The summed E-state index contributed by atoms with van der Waals surface area (Å²) in [5.74, 6) is -0.0501. The van der Waals surface area contributed by atoms with Crippen molar-refractivity contribution in [3.63, 3.8) is 0 Å². The van der Waals surface area contributed by atoms with E-state index in [4.69, 9.17) is 5.73 Å². The molecule has 0 spiro atoms. The first-order chi connectivity index (χ1) is 9.74. The molecule has 0 saturated heterocycles. The van der Waals surface area contributed by atoms with Gasteiger partial charge in [-0.15, -0.1) is 0 Å². The predicted octanol–water partition coefficient (Wildman–Crippen LogP) is 3.36. The van der Waals surface area contributed by atoms with E-state index in [2.05, 4.69) is 45.5 Å². The molecule has 1 aliphatic rings. The Morgan fingerprint density at radius 3 is 2.33 bits per heavy atom. The van der Waals surface area contributed by atoms with Gasteiger partial charge in [0.15, 0.2) is 0 Å². The Hall–Kier alpha value is -0.870. The van der Waals surface area contributed by atoms with Crippen LogP contribution < -0.4 is 11.1 Å². The fourth-order valence-corrected chi connectivity index (χ4v) is 3.00. The highest BCUT2D eigenvalue weighted by molar-refractivity contribution is 9.10. The summed E-state index contributed by atoms with van der Waals surface area (Å²) >= 11 is 3.47. The maximum absolute atomic E-state index is 12.2. The summed E-state index contributed by atoms with van der Waals surface area (Å²) in [7, 11) is 0. The zero-order valence-electron chi connectivity index (χ0n) is 13.1. The Balaban J connectivity index is 2.03. The van der Waals surface area contributed by atoms with E-state index in [9.17, 15) is 4.79 Å². The molecule has 1 aromatic rings. The number of rotatable bonds is 4. The molecule has 1 amide bonds. The van der Waals surface area contributed by atoms with Crippen molar-refractivity contribution in [3.05, 3.63) is 34.3 Å². The fourth-order valence-electron chi connectivity index (χ4n) is 2.73. The standard InChI is InChI=1S/C17H25BrN2O/c1-16(2,3)14(19)15(21)20-11-17(9-4-10-17)12-5-7-13(18)8-6-12/h5-8,14H,4,9-11,19H2,1-3H3,(H,20,21)/t14-/m1/s1. The average Bonchev–Trinajstić information content (AvgIpc) is 2.37. The molecule has 0 aromatic heterocycles. The molecular weight excluding hydrogens is 328 g/mol. The van der Waals surface area contributed by atoms with E-state index in [1.54, 1.807) is 0 Å². The van der Waals surface area contributed by atoms with Crippen LogP contribution in [0.5, 0.6) is 0 Å². The number of halogens is 1. The van der Waals surface area contributed by atoms with Gasteiger partial charge in [0.2, 0.25) is 5.91 Å². The smallest absolute Gasteiger partial charge is 0.237 e. The number of carbonyl (C=O) groups is 1. The van der Waals surface area contributed by atoms with Crippen LogP contribution in [0.1, 0.15) is 45.6 Å². The average molecular weight is 353 g/mol. The van der Waals surface area contributed by atoms with Crippen molar-refractivity contribution in [1.29, 1.82) is 0 Å². The molecule has 1 aliphatic carbocycles. The van der Waals surface area contributed by atoms with Gasteiger partial charge in [0.25, 0.3) is 0 Å². The number of benzene rings is 1. The van der Waals surface area contributed by atoms with Gasteiger partial charge in [0.05, 0.1) is 6.04 Å². The zero-order chi connectivity index (χ0) is 15.7. The van der Waals surface area contributed by atoms with E-state index >= 15 is 0 Å². The molecule has 1 saturated carbocycles. The molecule has 1 aromatic carbocycles. The first-order valence-corrected chi connectivity index (χ1v) is 8.33. The molecule has 0 radical (unpaired) electrons. The van der Waals surface area contributed by atoms with Crippen LogP contribution in [0.3, 0.4) is 0 Å². The largest absolute Gasteiger partial charge is 0.354 e. The summed E-state index contributed by atoms with van der Waals surface area (Å²) in [5, 5.41) is 3.07. The van der Waals surface area contributed by atoms with E-state index in [-0.39, 0.29) is 16.7 Å². The number of hydrogen-bond acceptors (Lipinski definition) is 2. The van der Waals surface area contributed by atoms with Crippen LogP contribution in [0, 0.1) is 5.41 Å². The molecular formula is C17H25BrN2O. The molecule has 1 atom stereocenters. The SMILES string of the molecule is CC(C)(C)[C@H](N)C(=O)NCC1(c2ccc(Br)cc2)CCC1. The third-order valence-electron chi connectivity index (χ3n) is 4.58. The second-order valence-electron chi connectivity index (χ2n) is 7.20. The van der Waals surface area contributed by atoms with Crippen molar-refractivity contribution >= 4 is 21.8 Å². The van der Waals surface area contributed by atoms with Crippen LogP contribution in [0.2, 0.25) is 0 Å². The Morgan fingerprint density at radius 1 is 1.33 bits per heavy atom. The molecule has 3 nitrogen and oxygen atoms in total. The van der Waals surface area contributed by atoms with Gasteiger partial charge < -0.3 is 11.1 Å². The molecule has 116 valence electrons. The van der Waals surface area contributed by atoms with Gasteiger partial charge in [-0.05, 0) is 36.0 Å². The minimum Gasteiger partial charge on any atom is -0.354 e. The molecule has 1 fully saturated rings. The van der Waals surface area contributed by atoms with Gasteiger partial charge in [-0.3, -0.25) is 4.79 Å². The Labute approximate surface area is 135 Å². The van der Waals surface area contributed by atoms with Gasteiger partial charge in [0.1, 0.15) is 0 Å². The summed E-state index contributed by atoms with van der Waals surface area (Å²) in [6, 6.07) is 7.97. The van der Waals surface area contributed by atoms with Crippen molar-refractivity contribution in [2.24, 2.45) is 11.1 Å². The van der Waals surface area contributed by atoms with Crippen LogP contribution in [0.25, 0.3) is 0 Å². The Morgan fingerprint density at radius 2 is 1.90 bits per heavy atom. The van der Waals surface area contributed by atoms with E-state index in [0.29, 0.717) is 6.54 Å². The van der Waals surface area contributed by atoms with Crippen LogP contribution >= 0.6 is 15.9 Å². The van der Waals surface area contributed by atoms with Crippen molar-refractivity contribution < 1.29 is 4.79 Å². The second-order valence-corrected chi connectivity index (χ2v) is 8.12. The zero-order valence-corrected chi connectivity index (χ0v) is 14.7. The normalized spacial score (nSPS) is 18.7. The second kappa shape index (κ2) is 6.09. The topological polar surface area (TPSA) is 55.1 Å². The van der Waals surface area contributed by atoms with Crippen LogP contribution in [-0.4, -0.2) is 18.5 Å². The minimum atomic E-state index is -0.473. The summed E-state index contributed by atoms with van der Waals surface area (Å²) < 4.78 is 1.08. The van der Waals surface area contributed by atoms with Gasteiger partial charge in [-0.1, -0.05) is 55.3 Å². The number of carbonyl (C=O) groups excluding carboxylic acids is 1. The predicted molar refractivity (Wildman–Crippen MR) is 90.1 cm³/mol. The van der Waals surface area contributed by atoms with Crippen LogP contribution in [0.4, 0.5) is 0 Å². The lowest BCUT2D eigenvalue weighted by Gasteiger charge is -2.43. The van der Waals surface area contributed by atoms with E-state index < -0.39 is 6.04 Å². The number of nitrogens with one attached hydrogen (secondary N) is 1. The Bertz CT molecular complexity index is 501. The molecule has 3 N–H and O–H groups in total. The lowest BCUT2D eigenvalue weighted by molar-refractivity contribution is -0.125. The lowest BCUT2D eigenvalue weighted by atomic mass is 9.64. The maximum atomic E-state index is 12.2. The van der Waals surface area contributed by atoms with Crippen LogP contribution in [0.15, 0.2) is 28.7 Å². The molecule has 0 bridgehead atoms. The first kappa shape index (κ1) is 16.5. The summed E-state index contributed by atoms with van der Waals surface area (Å²) in [4.78, 5) is 12.2. The van der Waals surface area contributed by atoms with Gasteiger partial charge in [-0.2, -0.15) is 0 Å². The highest BCUT2D eigenvalue weighted by Gasteiger charge is 2.39. The molecule has 0 heterocycles. The van der Waals surface area contributed by atoms with Crippen molar-refractivity contribution in [2.45, 2.75) is 51.5 Å². The molecule has 2 rings (SSSR count). The highest BCUT2D eigenvalue weighted by Crippen LogP contribution is 2.43. The molecule has 21 heavy (non-hydrogen) atoms. The molecule has 0 aliphatic heterocycles. The first-order valence-electron chi connectivity index (χ1n) is 7.54. The van der Waals surface area contributed by atoms with Crippen LogP contribution in [-0.2, 0) is 10.2 Å². The third kappa shape index (κ3) is 3.67. The molecule has 4 heteroatoms. The number of amides is 1. The summed E-state index contributed by atoms with van der Waals surface area (Å²) in [5.41, 5.74) is 7.21. The molecule has 0 unspecified atom stereocenters. The lowest BCUT2D eigenvalue weighted by Crippen LogP contribution is -2.53. The third-order valence-corrected chi connectivity index (χ3v) is 5.11. The van der Waals surface area contributed by atoms with Crippen molar-refractivity contribution in [1.82, 2.24) is 5.32 Å².